The summed E-state index contributed by atoms with van der Waals surface area (Å²) in [5.74, 6) is -0.231. The molecule has 1 heterocycles. The van der Waals surface area contributed by atoms with E-state index in [4.69, 9.17) is 20.8 Å². The third-order valence-electron chi connectivity index (χ3n) is 3.65. The van der Waals surface area contributed by atoms with Gasteiger partial charge in [0.05, 0.1) is 6.42 Å². The number of hydrogen-bond acceptors (Lipinski definition) is 4. The molecule has 0 saturated heterocycles. The molecular weight excluding hydrogens is 349 g/mol. The van der Waals surface area contributed by atoms with Gasteiger partial charge in [0.25, 0.3) is 0 Å². The van der Waals surface area contributed by atoms with Crippen LogP contribution in [0.3, 0.4) is 0 Å². The molecule has 6 heteroatoms. The van der Waals surface area contributed by atoms with Crippen molar-refractivity contribution in [3.8, 4) is 0 Å². The summed E-state index contributed by atoms with van der Waals surface area (Å²) in [5, 5.41) is 2.65. The molecular formula is C18H19Cl2NO3. The van der Waals surface area contributed by atoms with Gasteiger partial charge in [0.2, 0.25) is 0 Å². The van der Waals surface area contributed by atoms with E-state index in [-0.39, 0.29) is 24.8 Å². The molecule has 0 unspecified atom stereocenters. The van der Waals surface area contributed by atoms with Gasteiger partial charge in [-0.2, -0.15) is 0 Å². The summed E-state index contributed by atoms with van der Waals surface area (Å²) in [6, 6.07) is 11.3. The number of ether oxygens (including phenoxy) is 1. The molecule has 24 heavy (non-hydrogen) atoms. The fraction of sp³-hybridized carbons (Fsp3) is 0.278. The number of esters is 1. The lowest BCUT2D eigenvalue weighted by Crippen LogP contribution is -2.20. The molecule has 4 nitrogen and oxygen atoms in total. The van der Waals surface area contributed by atoms with Crippen molar-refractivity contribution in [1.29, 1.82) is 0 Å². The molecule has 0 amide bonds. The van der Waals surface area contributed by atoms with Crippen LogP contribution in [0, 0.1) is 0 Å². The zero-order valence-electron chi connectivity index (χ0n) is 13.5. The number of carbonyl (C=O) groups excluding carboxylic acids is 1. The Kier molecular flexibility index (Phi) is 6.10. The minimum atomic E-state index is -0.231. The fourth-order valence-corrected chi connectivity index (χ4v) is 2.64. The molecule has 0 bridgehead atoms. The smallest absolute Gasteiger partial charge is 0.310 e. The van der Waals surface area contributed by atoms with E-state index in [0.29, 0.717) is 11.6 Å². The van der Waals surface area contributed by atoms with Crippen LogP contribution in [0.15, 0.2) is 40.8 Å². The number of benzene rings is 2. The van der Waals surface area contributed by atoms with Crippen molar-refractivity contribution in [3.05, 3.63) is 47.0 Å². The summed E-state index contributed by atoms with van der Waals surface area (Å²) >= 11 is 6.04. The third-order valence-corrected chi connectivity index (χ3v) is 3.88. The maximum absolute atomic E-state index is 11.9. The van der Waals surface area contributed by atoms with Crippen molar-refractivity contribution in [3.63, 3.8) is 0 Å². The summed E-state index contributed by atoms with van der Waals surface area (Å²) in [4.78, 5) is 13.8. The molecule has 0 fully saturated rings. The molecule has 0 aliphatic carbocycles. The van der Waals surface area contributed by atoms with Gasteiger partial charge >= 0.3 is 5.97 Å². The lowest BCUT2D eigenvalue weighted by atomic mass is 10.1. The lowest BCUT2D eigenvalue weighted by molar-refractivity contribution is -0.143. The second-order valence-corrected chi connectivity index (χ2v) is 6.21. The molecule has 1 aromatic heterocycles. The van der Waals surface area contributed by atoms with Gasteiger partial charge in [-0.05, 0) is 43.9 Å². The van der Waals surface area contributed by atoms with E-state index in [1.807, 2.05) is 49.3 Å². The fourth-order valence-electron chi connectivity index (χ4n) is 2.46. The first-order valence-electron chi connectivity index (χ1n) is 7.44. The van der Waals surface area contributed by atoms with Gasteiger partial charge in [-0.15, -0.1) is 12.4 Å². The van der Waals surface area contributed by atoms with E-state index in [1.54, 1.807) is 6.07 Å². The zero-order chi connectivity index (χ0) is 16.4. The van der Waals surface area contributed by atoms with Crippen molar-refractivity contribution in [2.45, 2.75) is 6.42 Å². The van der Waals surface area contributed by atoms with Crippen LogP contribution in [0.4, 0.5) is 0 Å². The highest BCUT2D eigenvalue weighted by atomic mass is 35.5. The Hall–Kier alpha value is -1.75. The highest BCUT2D eigenvalue weighted by Gasteiger charge is 2.10. The van der Waals surface area contributed by atoms with E-state index in [2.05, 4.69) is 0 Å². The minimum Gasteiger partial charge on any atom is -0.464 e. The standard InChI is InChI=1S/C18H18ClNO3.ClH/c1-20(2)7-8-22-18(21)10-12-3-5-14-15-11-13(19)4-6-16(15)23-17(14)9-12;/h3-6,9,11H,7-8,10H2,1-2H3;1H. The quantitative estimate of drug-likeness (QED) is 0.630. The van der Waals surface area contributed by atoms with Crippen molar-refractivity contribution in [2.24, 2.45) is 0 Å². The van der Waals surface area contributed by atoms with Gasteiger partial charge in [0.15, 0.2) is 0 Å². The summed E-state index contributed by atoms with van der Waals surface area (Å²) in [5.41, 5.74) is 2.41. The Morgan fingerprint density at radius 3 is 2.67 bits per heavy atom. The van der Waals surface area contributed by atoms with Crippen LogP contribution in [-0.2, 0) is 16.0 Å². The van der Waals surface area contributed by atoms with Gasteiger partial charge in [-0.25, -0.2) is 0 Å². The summed E-state index contributed by atoms with van der Waals surface area (Å²) in [7, 11) is 3.88. The Morgan fingerprint density at radius 1 is 1.12 bits per heavy atom. The average Bonchev–Trinajstić information content (AvgIpc) is 2.83. The second kappa shape index (κ2) is 7.88. The maximum atomic E-state index is 11.9. The first-order chi connectivity index (χ1) is 11.0. The minimum absolute atomic E-state index is 0. The van der Waals surface area contributed by atoms with Gasteiger partial charge in [-0.1, -0.05) is 23.7 Å². The van der Waals surface area contributed by atoms with Gasteiger partial charge in [0, 0.05) is 22.3 Å². The number of furan rings is 1. The number of fused-ring (bicyclic) bond motifs is 3. The molecule has 128 valence electrons. The Morgan fingerprint density at radius 2 is 1.92 bits per heavy atom. The number of carbonyl (C=O) groups is 1. The molecule has 0 aliphatic heterocycles. The second-order valence-electron chi connectivity index (χ2n) is 5.77. The molecule has 2 aromatic carbocycles. The van der Waals surface area contributed by atoms with Crippen molar-refractivity contribution in [2.75, 3.05) is 27.2 Å². The zero-order valence-corrected chi connectivity index (χ0v) is 15.1. The highest BCUT2D eigenvalue weighted by Crippen LogP contribution is 2.31. The number of likely N-dealkylation sites (N-methyl/N-ethyl adjacent to an activating group) is 1. The van der Waals surface area contributed by atoms with Gasteiger partial charge < -0.3 is 14.1 Å². The summed E-state index contributed by atoms with van der Waals surface area (Å²) in [6.07, 6.45) is 0.237. The van der Waals surface area contributed by atoms with Crippen molar-refractivity contribution >= 4 is 51.9 Å². The van der Waals surface area contributed by atoms with Crippen molar-refractivity contribution in [1.82, 2.24) is 4.90 Å². The topological polar surface area (TPSA) is 42.7 Å². The molecule has 3 aromatic rings. The summed E-state index contributed by atoms with van der Waals surface area (Å²) < 4.78 is 11.0. The first-order valence-corrected chi connectivity index (χ1v) is 7.82. The number of nitrogens with zero attached hydrogens (tertiary/aromatic N) is 1. The highest BCUT2D eigenvalue weighted by molar-refractivity contribution is 6.31. The van der Waals surface area contributed by atoms with Crippen LogP contribution in [0.2, 0.25) is 5.02 Å². The molecule has 3 rings (SSSR count). The average molecular weight is 368 g/mol. The van der Waals surface area contributed by atoms with Gasteiger partial charge in [0.1, 0.15) is 17.8 Å². The van der Waals surface area contributed by atoms with E-state index in [1.165, 1.54) is 0 Å². The van der Waals surface area contributed by atoms with E-state index < -0.39 is 0 Å². The predicted molar refractivity (Wildman–Crippen MR) is 99.2 cm³/mol. The molecule has 0 atom stereocenters. The van der Waals surface area contributed by atoms with Crippen LogP contribution in [0.1, 0.15) is 5.56 Å². The largest absolute Gasteiger partial charge is 0.464 e. The SMILES string of the molecule is CN(C)CCOC(=O)Cc1ccc2c(c1)oc1ccc(Cl)cc12.Cl. The van der Waals surface area contributed by atoms with Crippen LogP contribution in [0.5, 0.6) is 0 Å². The van der Waals surface area contributed by atoms with Crippen molar-refractivity contribution < 1.29 is 13.9 Å². The molecule has 0 aliphatic rings. The normalized spacial score (nSPS) is 11.0. The Bertz CT molecular complexity index is 858. The van der Waals surface area contributed by atoms with Crippen LogP contribution >= 0.6 is 24.0 Å². The van der Waals surface area contributed by atoms with E-state index >= 15 is 0 Å². The first kappa shape index (κ1) is 18.6. The lowest BCUT2D eigenvalue weighted by Gasteiger charge is -2.09. The van der Waals surface area contributed by atoms with Crippen LogP contribution < -0.4 is 0 Å². The molecule has 0 spiro atoms. The predicted octanol–water partition coefficient (Wildman–Crippen LogP) is 4.31. The van der Waals surface area contributed by atoms with Crippen LogP contribution in [-0.4, -0.2) is 38.1 Å². The number of halogens is 2. The molecule has 0 N–H and O–H groups in total. The molecule has 0 saturated carbocycles. The number of rotatable bonds is 5. The van der Waals surface area contributed by atoms with E-state index in [9.17, 15) is 4.79 Å². The van der Waals surface area contributed by atoms with Gasteiger partial charge in [-0.3, -0.25) is 4.79 Å². The van der Waals surface area contributed by atoms with Crippen LogP contribution in [0.25, 0.3) is 21.9 Å². The Labute approximate surface area is 151 Å². The monoisotopic (exact) mass is 367 g/mol. The molecule has 0 radical (unpaired) electrons. The number of hydrogen-bond donors (Lipinski definition) is 0. The Balaban J connectivity index is 0.00000208. The maximum Gasteiger partial charge on any atom is 0.310 e. The van der Waals surface area contributed by atoms with E-state index in [0.717, 1.165) is 34.0 Å². The third kappa shape index (κ3) is 4.20. The summed E-state index contributed by atoms with van der Waals surface area (Å²) in [6.45, 7) is 1.12.